The summed E-state index contributed by atoms with van der Waals surface area (Å²) < 4.78 is 12.1. The zero-order chi connectivity index (χ0) is 44.9. The number of carbonyl (C=O) groups is 5. The minimum absolute atomic E-state index is 0.0672. The molecular formula is C44H49ClN8O9. The number of carbonyl (C=O) groups excluding carboxylic acids is 5. The molecule has 0 aromatic heterocycles. The van der Waals surface area contributed by atoms with E-state index in [0.29, 0.717) is 21.7 Å². The predicted molar refractivity (Wildman–Crippen MR) is 230 cm³/mol. The highest BCUT2D eigenvalue weighted by Gasteiger charge is 2.33. The van der Waals surface area contributed by atoms with Crippen LogP contribution in [0.25, 0.3) is 22.3 Å². The number of aliphatic hydroxyl groups excluding tert-OH is 2. The van der Waals surface area contributed by atoms with Gasteiger partial charge >= 0.3 is 0 Å². The van der Waals surface area contributed by atoms with Gasteiger partial charge in [0.1, 0.15) is 61.6 Å². The lowest BCUT2D eigenvalue weighted by molar-refractivity contribution is -0.139. The van der Waals surface area contributed by atoms with E-state index in [1.807, 2.05) is 18.2 Å². The van der Waals surface area contributed by atoms with Crippen molar-refractivity contribution in [1.82, 2.24) is 26.2 Å². The summed E-state index contributed by atoms with van der Waals surface area (Å²) in [6.45, 7) is -0.0681. The van der Waals surface area contributed by atoms with Gasteiger partial charge in [-0.25, -0.2) is 0 Å². The van der Waals surface area contributed by atoms with Gasteiger partial charge in [-0.1, -0.05) is 48.0 Å². The largest absolute Gasteiger partial charge is 0.490 e. The maximum Gasteiger partial charge on any atom is 0.251 e. The lowest BCUT2D eigenvalue weighted by Crippen LogP contribution is -2.55. The molecule has 326 valence electrons. The van der Waals surface area contributed by atoms with Gasteiger partial charge < -0.3 is 57.3 Å². The highest BCUT2D eigenvalue weighted by atomic mass is 35.5. The van der Waals surface area contributed by atoms with Crippen LogP contribution in [0.5, 0.6) is 11.5 Å². The van der Waals surface area contributed by atoms with Gasteiger partial charge in [-0.3, -0.25) is 24.0 Å². The number of hydrogen-bond acceptors (Lipinski definition) is 12. The highest BCUT2D eigenvalue weighted by Crippen LogP contribution is 2.40. The first-order valence-electron chi connectivity index (χ1n) is 19.7. The molecule has 0 spiro atoms. The van der Waals surface area contributed by atoms with Crippen molar-refractivity contribution in [3.05, 3.63) is 107 Å². The number of benzene rings is 4. The average Bonchev–Trinajstić information content (AvgIpc) is 3.28. The number of nitrogens with one attached hydrogen (secondary N) is 4. The number of likely N-dealkylation sites (N-methyl/N-ethyl adjacent to an activating group) is 1. The molecule has 0 fully saturated rings. The molecule has 0 saturated carbocycles. The minimum Gasteiger partial charge on any atom is -0.490 e. The number of nitrogens with two attached hydrogens (primary N) is 2. The second-order valence-electron chi connectivity index (χ2n) is 14.5. The maximum absolute atomic E-state index is 14.3. The smallest absolute Gasteiger partial charge is 0.251 e. The van der Waals surface area contributed by atoms with Crippen LogP contribution in [0.15, 0.2) is 84.9 Å². The van der Waals surface area contributed by atoms with Crippen molar-refractivity contribution in [2.24, 2.45) is 11.5 Å². The fourth-order valence-electron chi connectivity index (χ4n) is 6.49. The van der Waals surface area contributed by atoms with Crippen LogP contribution >= 0.6 is 11.6 Å². The summed E-state index contributed by atoms with van der Waals surface area (Å²) >= 11 is 6.02. The summed E-state index contributed by atoms with van der Waals surface area (Å²) in [5, 5.41) is 40.7. The summed E-state index contributed by atoms with van der Waals surface area (Å²) in [5.41, 5.74) is 14.8. The van der Waals surface area contributed by atoms with Gasteiger partial charge in [-0.2, -0.15) is 5.26 Å². The number of aliphatic hydroxyl groups is 2. The van der Waals surface area contributed by atoms with Gasteiger partial charge in [0, 0.05) is 48.3 Å². The van der Waals surface area contributed by atoms with Crippen molar-refractivity contribution in [1.29, 1.82) is 5.26 Å². The van der Waals surface area contributed by atoms with Crippen molar-refractivity contribution in [3.63, 3.8) is 0 Å². The van der Waals surface area contributed by atoms with Crippen molar-refractivity contribution < 1.29 is 43.7 Å². The third-order valence-corrected chi connectivity index (χ3v) is 10.2. The van der Waals surface area contributed by atoms with Crippen molar-refractivity contribution in [2.75, 3.05) is 46.4 Å². The van der Waals surface area contributed by atoms with Crippen molar-refractivity contribution in [2.45, 2.75) is 43.7 Å². The van der Waals surface area contributed by atoms with Crippen LogP contribution in [0.2, 0.25) is 5.02 Å². The summed E-state index contributed by atoms with van der Waals surface area (Å²) in [4.78, 5) is 69.5. The first kappa shape index (κ1) is 46.5. The Hall–Kier alpha value is -6.55. The van der Waals surface area contributed by atoms with Crippen LogP contribution < -0.4 is 42.2 Å². The molecular weight excluding hydrogens is 820 g/mol. The molecule has 1 heterocycles. The molecule has 17 nitrogen and oxygen atoms in total. The minimum atomic E-state index is -1.42. The second-order valence-corrected chi connectivity index (χ2v) is 15.0. The number of hydrogen-bond donors (Lipinski definition) is 8. The number of nitrogens with zero attached hydrogens (tertiary/aromatic N) is 2. The Morgan fingerprint density at radius 1 is 0.855 bits per heavy atom. The van der Waals surface area contributed by atoms with E-state index in [1.165, 1.54) is 26.1 Å². The fraction of sp³-hybridized carbons (Fsp3) is 0.318. The molecule has 18 heteroatoms. The summed E-state index contributed by atoms with van der Waals surface area (Å²) in [6.07, 6.45) is -2.14. The van der Waals surface area contributed by atoms with Gasteiger partial charge in [0.05, 0.1) is 12.6 Å². The van der Waals surface area contributed by atoms with E-state index in [4.69, 9.17) is 37.8 Å². The van der Waals surface area contributed by atoms with E-state index in [-0.39, 0.29) is 61.9 Å². The fourth-order valence-corrected chi connectivity index (χ4v) is 6.61. The van der Waals surface area contributed by atoms with Gasteiger partial charge in [0.15, 0.2) is 0 Å². The van der Waals surface area contributed by atoms with E-state index in [2.05, 4.69) is 21.3 Å². The van der Waals surface area contributed by atoms with E-state index >= 15 is 0 Å². The number of ether oxygens (including phenoxy) is 2. The average molecular weight is 869 g/mol. The third kappa shape index (κ3) is 12.1. The van der Waals surface area contributed by atoms with E-state index in [0.717, 1.165) is 16.0 Å². The Kier molecular flexibility index (Phi) is 16.4. The molecule has 0 radical (unpaired) electrons. The van der Waals surface area contributed by atoms with Crippen LogP contribution in [0.4, 0.5) is 0 Å². The first-order valence-corrected chi connectivity index (χ1v) is 20.0. The van der Waals surface area contributed by atoms with Gasteiger partial charge in [0.2, 0.25) is 23.6 Å². The van der Waals surface area contributed by atoms with Crippen LogP contribution in [-0.4, -0.2) is 115 Å². The van der Waals surface area contributed by atoms with Gasteiger partial charge in [0.25, 0.3) is 5.91 Å². The number of halogens is 1. The number of amides is 5. The molecule has 5 amide bonds. The molecule has 4 bridgehead atoms. The number of nitriles is 1. The van der Waals surface area contributed by atoms with Gasteiger partial charge in [-0.15, -0.1) is 0 Å². The summed E-state index contributed by atoms with van der Waals surface area (Å²) in [6, 6.07) is 21.5. The summed E-state index contributed by atoms with van der Waals surface area (Å²) in [7, 11) is 1.37. The molecule has 10 N–H and O–H groups in total. The topological polar surface area (TPSA) is 271 Å². The van der Waals surface area contributed by atoms with E-state index in [1.54, 1.807) is 60.7 Å². The SMILES string of the molecule is C[C@@H]1NC(=O)C(N(C)C(=O)CNC(=O)c2ccc(-c3ccc(Cl)cc3)cc2)c2ccc(OCC(O)CN)c(c2)-c2cc(ccc2OCC(O)CN)CC(C(=O)NCC#N)NC1=O. The normalized spacial score (nSPS) is 17.2. The second kappa shape index (κ2) is 21.8. The van der Waals surface area contributed by atoms with Crippen LogP contribution in [0.3, 0.4) is 0 Å². The quantitative estimate of drug-likeness (QED) is 0.0784. The number of rotatable bonds is 15. The molecule has 4 unspecified atom stereocenters. The molecule has 5 rings (SSSR count). The van der Waals surface area contributed by atoms with E-state index < -0.39 is 66.4 Å². The Balaban J connectivity index is 1.54. The summed E-state index contributed by atoms with van der Waals surface area (Å²) in [5.74, 6) is -2.95. The van der Waals surface area contributed by atoms with Crippen LogP contribution in [0.1, 0.15) is 34.5 Å². The number of fused-ring (bicyclic) bond motifs is 5. The molecule has 4 aromatic rings. The molecule has 1 aliphatic heterocycles. The lowest BCUT2D eigenvalue weighted by atomic mass is 9.93. The molecule has 1 aliphatic rings. The van der Waals surface area contributed by atoms with Crippen LogP contribution in [0, 0.1) is 11.3 Å². The predicted octanol–water partition coefficient (Wildman–Crippen LogP) is 1.19. The zero-order valence-corrected chi connectivity index (χ0v) is 34.9. The molecule has 5 atom stereocenters. The molecule has 4 aromatic carbocycles. The van der Waals surface area contributed by atoms with Crippen LogP contribution in [-0.2, 0) is 25.6 Å². The molecule has 0 aliphatic carbocycles. The zero-order valence-electron chi connectivity index (χ0n) is 34.1. The maximum atomic E-state index is 14.3. The Bertz CT molecular complexity index is 2290. The third-order valence-electron chi connectivity index (χ3n) is 9.98. The Morgan fingerprint density at radius 2 is 1.44 bits per heavy atom. The standard InChI is InChI=1S/C44H49ClN8O9/c1-25-41(57)52-36(43(59)49-16-15-46)18-26-3-13-37(61-23-32(54)20-47)34(17-26)35-19-30(10-14-38(35)62-24-33(55)21-48)40(44(60)51-25)53(2)39(56)22-50-42(58)29-6-4-27(5-7-29)28-8-11-31(45)12-9-28/h3-14,17,19,25,32-33,36,40,54-55H,16,18,20-24,47-48H2,1-2H3,(H,49,59)(H,50,58)(H,51,60)(H,52,57)/t25-,32?,33?,36?,40?/m0/s1. The van der Waals surface area contributed by atoms with Crippen molar-refractivity contribution >= 4 is 41.1 Å². The monoisotopic (exact) mass is 868 g/mol. The molecule has 0 saturated heterocycles. The Labute approximate surface area is 363 Å². The molecule has 62 heavy (non-hydrogen) atoms. The highest BCUT2D eigenvalue weighted by molar-refractivity contribution is 6.30. The van der Waals surface area contributed by atoms with Crippen molar-refractivity contribution in [3.8, 4) is 39.8 Å². The van der Waals surface area contributed by atoms with Gasteiger partial charge in [-0.05, 0) is 77.7 Å². The van der Waals surface area contributed by atoms with E-state index in [9.17, 15) is 34.2 Å². The lowest BCUT2D eigenvalue weighted by Gasteiger charge is -2.30. The first-order chi connectivity index (χ1) is 29.7. The Morgan fingerprint density at radius 3 is 2.03 bits per heavy atom.